The van der Waals surface area contributed by atoms with Crippen molar-refractivity contribution in [2.75, 3.05) is 7.05 Å². The van der Waals surface area contributed by atoms with E-state index in [0.717, 1.165) is 10.6 Å². The Kier molecular flexibility index (Phi) is 4.40. The molecule has 0 aliphatic heterocycles. The predicted molar refractivity (Wildman–Crippen MR) is 94.7 cm³/mol. The number of aryl methyl sites for hydroxylation is 1. The van der Waals surface area contributed by atoms with Gasteiger partial charge in [-0.3, -0.25) is 9.80 Å². The van der Waals surface area contributed by atoms with Crippen LogP contribution in [0.15, 0.2) is 66.7 Å². The minimum atomic E-state index is -0.0527. The Morgan fingerprint density at radius 3 is 2.39 bits per heavy atom. The number of rotatable bonds is 4. The van der Waals surface area contributed by atoms with E-state index < -0.39 is 0 Å². The fourth-order valence-electron chi connectivity index (χ4n) is 2.76. The fraction of sp³-hybridized carbons (Fsp3) is 0.150. The first-order valence-electron chi connectivity index (χ1n) is 7.73. The zero-order chi connectivity index (χ0) is 16.2. The largest absolute Gasteiger partial charge is 0.284 e. The minimum absolute atomic E-state index is 0.0527. The number of nitrogens with zero attached hydrogens (tertiary/aromatic N) is 1. The number of amides is 1. The number of carbonyl (C=O) groups excluding carboxylic acids is 1. The van der Waals surface area contributed by atoms with Gasteiger partial charge in [0, 0.05) is 13.5 Å². The second-order valence-corrected chi connectivity index (χ2v) is 5.73. The van der Waals surface area contributed by atoms with Gasteiger partial charge in [0.25, 0.3) is 0 Å². The second-order valence-electron chi connectivity index (χ2n) is 5.73. The molecule has 1 amide bonds. The fourth-order valence-corrected chi connectivity index (χ4v) is 2.76. The van der Waals surface area contributed by atoms with Crippen molar-refractivity contribution < 1.29 is 4.79 Å². The molecule has 0 atom stereocenters. The maximum Gasteiger partial charge on any atom is 0.236 e. The van der Waals surface area contributed by atoms with Crippen molar-refractivity contribution in [3.05, 3.63) is 72.3 Å². The molecule has 23 heavy (non-hydrogen) atoms. The molecule has 2 N–H and O–H groups in total. The van der Waals surface area contributed by atoms with Crippen LogP contribution in [0.2, 0.25) is 0 Å². The number of hydrazine groups is 1. The molecule has 0 radical (unpaired) electrons. The van der Waals surface area contributed by atoms with Gasteiger partial charge < -0.3 is 0 Å². The molecule has 0 aliphatic carbocycles. The summed E-state index contributed by atoms with van der Waals surface area (Å²) in [5, 5.41) is 3.64. The Bertz CT molecular complexity index is 817. The molecule has 3 aromatic carbocycles. The highest BCUT2D eigenvalue weighted by Gasteiger charge is 2.06. The smallest absolute Gasteiger partial charge is 0.236 e. The SMILES string of the molecule is CN(N)C(=O)CCc1ccc(-c2cccc3ccccc23)cc1. The first-order valence-corrected chi connectivity index (χ1v) is 7.73. The third-order valence-corrected chi connectivity index (χ3v) is 4.08. The molecule has 3 rings (SSSR count). The van der Waals surface area contributed by atoms with Crippen LogP contribution in [-0.4, -0.2) is 18.0 Å². The van der Waals surface area contributed by atoms with Crippen molar-refractivity contribution in [2.24, 2.45) is 5.84 Å². The summed E-state index contributed by atoms with van der Waals surface area (Å²) in [5.74, 6) is 5.38. The number of nitrogens with two attached hydrogens (primary N) is 1. The minimum Gasteiger partial charge on any atom is -0.284 e. The van der Waals surface area contributed by atoms with Crippen LogP contribution in [0.25, 0.3) is 21.9 Å². The van der Waals surface area contributed by atoms with E-state index in [0.29, 0.717) is 12.8 Å². The highest BCUT2D eigenvalue weighted by molar-refractivity contribution is 5.96. The maximum absolute atomic E-state index is 11.6. The van der Waals surface area contributed by atoms with Crippen LogP contribution in [0, 0.1) is 0 Å². The van der Waals surface area contributed by atoms with E-state index in [-0.39, 0.29) is 5.91 Å². The molecule has 0 aromatic heterocycles. The normalized spacial score (nSPS) is 10.7. The molecule has 3 heteroatoms. The van der Waals surface area contributed by atoms with Crippen molar-refractivity contribution in [3.63, 3.8) is 0 Å². The summed E-state index contributed by atoms with van der Waals surface area (Å²) in [5.41, 5.74) is 3.56. The number of hydrogen-bond acceptors (Lipinski definition) is 2. The van der Waals surface area contributed by atoms with E-state index >= 15 is 0 Å². The van der Waals surface area contributed by atoms with Gasteiger partial charge >= 0.3 is 0 Å². The van der Waals surface area contributed by atoms with Gasteiger partial charge in [0.05, 0.1) is 0 Å². The number of hydrogen-bond donors (Lipinski definition) is 1. The molecule has 3 nitrogen and oxygen atoms in total. The van der Waals surface area contributed by atoms with Gasteiger partial charge in [-0.25, -0.2) is 5.84 Å². The molecule has 0 spiro atoms. The summed E-state index contributed by atoms with van der Waals surface area (Å²) < 4.78 is 0. The standard InChI is InChI=1S/C20H20N2O/c1-22(21)20(23)14-11-15-9-12-17(13-10-15)19-8-4-6-16-5-2-3-7-18(16)19/h2-10,12-13H,11,14,21H2,1H3. The van der Waals surface area contributed by atoms with Crippen molar-refractivity contribution in [1.29, 1.82) is 0 Å². The molecule has 116 valence electrons. The molecule has 0 saturated carbocycles. The average molecular weight is 304 g/mol. The molecule has 0 heterocycles. The Morgan fingerprint density at radius 2 is 1.65 bits per heavy atom. The number of carbonyl (C=O) groups is 1. The summed E-state index contributed by atoms with van der Waals surface area (Å²) in [6, 6.07) is 23.2. The summed E-state index contributed by atoms with van der Waals surface area (Å²) in [7, 11) is 1.58. The van der Waals surface area contributed by atoms with Gasteiger partial charge in [-0.1, -0.05) is 66.7 Å². The number of fused-ring (bicyclic) bond motifs is 1. The molecule has 3 aromatic rings. The van der Waals surface area contributed by atoms with Gasteiger partial charge in [0.1, 0.15) is 0 Å². The molecule has 0 bridgehead atoms. The molecular weight excluding hydrogens is 284 g/mol. The highest BCUT2D eigenvalue weighted by Crippen LogP contribution is 2.28. The zero-order valence-corrected chi connectivity index (χ0v) is 13.2. The quantitative estimate of drug-likeness (QED) is 0.453. The van der Waals surface area contributed by atoms with E-state index in [4.69, 9.17) is 5.84 Å². The summed E-state index contributed by atoms with van der Waals surface area (Å²) in [4.78, 5) is 11.6. The maximum atomic E-state index is 11.6. The zero-order valence-electron chi connectivity index (χ0n) is 13.2. The summed E-state index contributed by atoms with van der Waals surface area (Å²) >= 11 is 0. The first-order chi connectivity index (χ1) is 11.1. The van der Waals surface area contributed by atoms with Crippen molar-refractivity contribution in [3.8, 4) is 11.1 Å². The van der Waals surface area contributed by atoms with Crippen molar-refractivity contribution >= 4 is 16.7 Å². The van der Waals surface area contributed by atoms with E-state index in [1.165, 1.54) is 21.9 Å². The van der Waals surface area contributed by atoms with E-state index in [9.17, 15) is 4.79 Å². The van der Waals surface area contributed by atoms with Gasteiger partial charge in [-0.2, -0.15) is 0 Å². The monoisotopic (exact) mass is 304 g/mol. The molecule has 0 unspecified atom stereocenters. The van der Waals surface area contributed by atoms with Gasteiger partial charge in [-0.05, 0) is 33.9 Å². The lowest BCUT2D eigenvalue weighted by atomic mass is 9.97. The summed E-state index contributed by atoms with van der Waals surface area (Å²) in [6.45, 7) is 0. The lowest BCUT2D eigenvalue weighted by molar-refractivity contribution is -0.130. The van der Waals surface area contributed by atoms with Crippen molar-refractivity contribution in [1.82, 2.24) is 5.01 Å². The third kappa shape index (κ3) is 3.41. The van der Waals surface area contributed by atoms with E-state index in [2.05, 4.69) is 66.7 Å². The van der Waals surface area contributed by atoms with Crippen LogP contribution < -0.4 is 5.84 Å². The topological polar surface area (TPSA) is 46.3 Å². The average Bonchev–Trinajstić information content (AvgIpc) is 2.59. The first kappa shape index (κ1) is 15.3. The Hall–Kier alpha value is -2.65. The van der Waals surface area contributed by atoms with Crippen LogP contribution in [-0.2, 0) is 11.2 Å². The Balaban J connectivity index is 1.83. The number of benzene rings is 3. The second kappa shape index (κ2) is 6.63. The van der Waals surface area contributed by atoms with Crippen LogP contribution in [0.3, 0.4) is 0 Å². The van der Waals surface area contributed by atoms with Gasteiger partial charge in [0.2, 0.25) is 5.91 Å². The molecule has 0 fully saturated rings. The summed E-state index contributed by atoms with van der Waals surface area (Å²) in [6.07, 6.45) is 1.14. The van der Waals surface area contributed by atoms with E-state index in [1.807, 2.05) is 0 Å². The van der Waals surface area contributed by atoms with Crippen LogP contribution in [0.5, 0.6) is 0 Å². The van der Waals surface area contributed by atoms with Gasteiger partial charge in [0.15, 0.2) is 0 Å². The third-order valence-electron chi connectivity index (χ3n) is 4.08. The molecule has 0 saturated heterocycles. The molecular formula is C20H20N2O. The molecule has 0 aliphatic rings. The van der Waals surface area contributed by atoms with Gasteiger partial charge in [-0.15, -0.1) is 0 Å². The lowest BCUT2D eigenvalue weighted by Crippen LogP contribution is -2.33. The van der Waals surface area contributed by atoms with Crippen molar-refractivity contribution in [2.45, 2.75) is 12.8 Å². The predicted octanol–water partition coefficient (Wildman–Crippen LogP) is 3.77. The lowest BCUT2D eigenvalue weighted by Gasteiger charge is -2.10. The van der Waals surface area contributed by atoms with E-state index in [1.54, 1.807) is 7.05 Å². The van der Waals surface area contributed by atoms with Crippen LogP contribution in [0.4, 0.5) is 0 Å². The Labute approximate surface area is 136 Å². The van der Waals surface area contributed by atoms with Crippen LogP contribution in [0.1, 0.15) is 12.0 Å². The highest BCUT2D eigenvalue weighted by atomic mass is 16.2. The van der Waals surface area contributed by atoms with Crippen LogP contribution >= 0.6 is 0 Å². The Morgan fingerprint density at radius 1 is 0.957 bits per heavy atom.